The second kappa shape index (κ2) is 9.97. The van der Waals surface area contributed by atoms with E-state index < -0.39 is 48.4 Å². The van der Waals surface area contributed by atoms with Crippen LogP contribution in [0.5, 0.6) is 0 Å². The van der Waals surface area contributed by atoms with Crippen molar-refractivity contribution in [1.82, 2.24) is 0 Å². The van der Waals surface area contributed by atoms with E-state index in [1.54, 1.807) is 25.3 Å². The molecule has 1 aromatic heterocycles. The number of hydrogen-bond acceptors (Lipinski definition) is 9. The third kappa shape index (κ3) is 5.98. The van der Waals surface area contributed by atoms with Gasteiger partial charge in [0, 0.05) is 26.8 Å². The summed E-state index contributed by atoms with van der Waals surface area (Å²) in [5.74, 6) is -2.30. The number of hydrogen-bond donors (Lipinski definition) is 0. The zero-order chi connectivity index (χ0) is 21.6. The zero-order valence-electron chi connectivity index (χ0n) is 16.7. The van der Waals surface area contributed by atoms with Crippen molar-refractivity contribution in [3.63, 3.8) is 0 Å². The number of carbonyl (C=O) groups is 4. The van der Waals surface area contributed by atoms with E-state index in [4.69, 9.17) is 23.7 Å². The Kier molecular flexibility index (Phi) is 7.66. The molecule has 1 aliphatic rings. The van der Waals surface area contributed by atoms with Crippen molar-refractivity contribution in [2.45, 2.75) is 52.2 Å². The van der Waals surface area contributed by atoms with Gasteiger partial charge in [0.05, 0.1) is 6.61 Å². The highest BCUT2D eigenvalue weighted by molar-refractivity contribution is 5.88. The average molecular weight is 410 g/mol. The van der Waals surface area contributed by atoms with E-state index >= 15 is 0 Å². The molecule has 0 aromatic carbocycles. The Labute approximate surface area is 167 Å². The van der Waals surface area contributed by atoms with Crippen LogP contribution >= 0.6 is 0 Å². The smallest absolute Gasteiger partial charge is 0.344 e. The molecule has 0 saturated carbocycles. The number of ether oxygens (including phenoxy) is 5. The van der Waals surface area contributed by atoms with Crippen molar-refractivity contribution in [3.8, 4) is 0 Å². The molecule has 0 aliphatic carbocycles. The summed E-state index contributed by atoms with van der Waals surface area (Å²) in [6.45, 7) is 5.34. The van der Waals surface area contributed by atoms with Gasteiger partial charge in [0.2, 0.25) is 6.10 Å². The van der Waals surface area contributed by atoms with Crippen molar-refractivity contribution in [2.75, 3.05) is 13.2 Å². The van der Waals surface area contributed by atoms with E-state index in [0.29, 0.717) is 0 Å². The maximum Gasteiger partial charge on any atom is 0.344 e. The highest BCUT2D eigenvalue weighted by atomic mass is 16.7. The Bertz CT molecular complexity index is 779. The van der Waals surface area contributed by atoms with Crippen LogP contribution in [0.1, 0.15) is 44.3 Å². The Balaban J connectivity index is 2.37. The number of rotatable bonds is 7. The fraction of sp³-hybridized carbons (Fsp3) is 0.526. The monoisotopic (exact) mass is 410 g/mol. The normalized spacial score (nSPS) is 23.2. The van der Waals surface area contributed by atoms with E-state index in [-0.39, 0.29) is 18.8 Å². The van der Waals surface area contributed by atoms with Crippen LogP contribution in [0.3, 0.4) is 0 Å². The summed E-state index contributed by atoms with van der Waals surface area (Å²) in [6.07, 6.45) is -0.783. The van der Waals surface area contributed by atoms with Crippen LogP contribution < -0.4 is 4.57 Å². The second-order valence-corrected chi connectivity index (χ2v) is 6.28. The van der Waals surface area contributed by atoms with Crippen LogP contribution in [0.25, 0.3) is 0 Å². The second-order valence-electron chi connectivity index (χ2n) is 6.28. The first-order valence-corrected chi connectivity index (χ1v) is 9.04. The standard InChI is InChI=1S/C19H24NO9/c1-5-25-19(24)14-7-6-8-20(9-14)18-17(28-13(4)23)16(27-12(3)22)15(29-18)10-26-11(2)21/h6-9,15-18H,5,10H2,1-4H3/q+1/t15-,16-,17-,18-/m1/s1. The topological polar surface area (TPSA) is 118 Å². The minimum atomic E-state index is -1.03. The summed E-state index contributed by atoms with van der Waals surface area (Å²) in [4.78, 5) is 46.5. The molecule has 1 aromatic rings. The molecule has 0 N–H and O–H groups in total. The van der Waals surface area contributed by atoms with Gasteiger partial charge in [0.15, 0.2) is 18.5 Å². The van der Waals surface area contributed by atoms with Gasteiger partial charge in [-0.3, -0.25) is 14.4 Å². The van der Waals surface area contributed by atoms with Gasteiger partial charge in [0.25, 0.3) is 0 Å². The minimum Gasteiger partial charge on any atom is -0.463 e. The number of esters is 4. The first-order valence-electron chi connectivity index (χ1n) is 9.04. The number of aromatic nitrogens is 1. The van der Waals surface area contributed by atoms with Crippen LogP contribution in [0.15, 0.2) is 24.5 Å². The molecule has 10 nitrogen and oxygen atoms in total. The molecule has 2 rings (SSSR count). The molecule has 0 radical (unpaired) electrons. The lowest BCUT2D eigenvalue weighted by molar-refractivity contribution is -0.765. The van der Waals surface area contributed by atoms with Crippen molar-refractivity contribution in [3.05, 3.63) is 30.1 Å². The molecule has 2 heterocycles. The Hall–Kier alpha value is -3.01. The van der Waals surface area contributed by atoms with Crippen LogP contribution in [0, 0.1) is 0 Å². The van der Waals surface area contributed by atoms with Crippen LogP contribution in [-0.2, 0) is 38.1 Å². The largest absolute Gasteiger partial charge is 0.463 e. The fourth-order valence-corrected chi connectivity index (χ4v) is 2.92. The maximum atomic E-state index is 12.0. The third-order valence-corrected chi connectivity index (χ3v) is 3.97. The summed E-state index contributed by atoms with van der Waals surface area (Å²) in [5.41, 5.74) is 0.256. The molecule has 1 fully saturated rings. The zero-order valence-corrected chi connectivity index (χ0v) is 16.7. The lowest BCUT2D eigenvalue weighted by Crippen LogP contribution is -2.48. The van der Waals surface area contributed by atoms with Crippen LogP contribution in [-0.4, -0.2) is 55.4 Å². The lowest BCUT2D eigenvalue weighted by atomic mass is 10.1. The van der Waals surface area contributed by atoms with E-state index in [0.717, 1.165) is 0 Å². The van der Waals surface area contributed by atoms with Crippen LogP contribution in [0.2, 0.25) is 0 Å². The highest BCUT2D eigenvalue weighted by Crippen LogP contribution is 2.31. The molecule has 4 atom stereocenters. The SMILES string of the molecule is CCOC(=O)c1ccc[n+]([C@@H]2O[C@H](COC(C)=O)[C@@H](OC(C)=O)[C@H]2OC(C)=O)c1. The van der Waals surface area contributed by atoms with Gasteiger partial charge < -0.3 is 23.7 Å². The Morgan fingerprint density at radius 2 is 1.66 bits per heavy atom. The predicted octanol–water partition coefficient (Wildman–Crippen LogP) is 0.475. The van der Waals surface area contributed by atoms with Crippen molar-refractivity contribution < 1.29 is 47.4 Å². The molecule has 0 spiro atoms. The van der Waals surface area contributed by atoms with E-state index in [1.165, 1.54) is 31.5 Å². The van der Waals surface area contributed by atoms with Gasteiger partial charge >= 0.3 is 30.1 Å². The molecule has 0 unspecified atom stereocenters. The average Bonchev–Trinajstić information content (AvgIpc) is 2.96. The summed E-state index contributed by atoms with van der Waals surface area (Å²) in [5, 5.41) is 0. The highest BCUT2D eigenvalue weighted by Gasteiger charge is 2.54. The molecule has 0 amide bonds. The van der Waals surface area contributed by atoms with E-state index in [1.807, 2.05) is 0 Å². The van der Waals surface area contributed by atoms with Gasteiger partial charge in [0.1, 0.15) is 18.3 Å². The lowest BCUT2D eigenvalue weighted by Gasteiger charge is -2.21. The minimum absolute atomic E-state index is 0.209. The number of nitrogens with zero attached hydrogens (tertiary/aromatic N) is 1. The van der Waals surface area contributed by atoms with Gasteiger partial charge in [-0.05, 0) is 13.0 Å². The fourth-order valence-electron chi connectivity index (χ4n) is 2.92. The molecular weight excluding hydrogens is 386 g/mol. The summed E-state index contributed by atoms with van der Waals surface area (Å²) < 4.78 is 28.0. The molecule has 158 valence electrons. The Morgan fingerprint density at radius 1 is 1.00 bits per heavy atom. The molecule has 10 heteroatoms. The predicted molar refractivity (Wildman–Crippen MR) is 94.2 cm³/mol. The van der Waals surface area contributed by atoms with Crippen LogP contribution in [0.4, 0.5) is 0 Å². The first-order chi connectivity index (χ1) is 13.7. The summed E-state index contributed by atoms with van der Waals surface area (Å²) >= 11 is 0. The molecule has 0 bridgehead atoms. The summed E-state index contributed by atoms with van der Waals surface area (Å²) in [6, 6.07) is 3.16. The molecule has 29 heavy (non-hydrogen) atoms. The maximum absolute atomic E-state index is 12.0. The summed E-state index contributed by atoms with van der Waals surface area (Å²) in [7, 11) is 0. The molecule has 1 aliphatic heterocycles. The van der Waals surface area contributed by atoms with E-state index in [9.17, 15) is 19.2 Å². The Morgan fingerprint density at radius 3 is 2.24 bits per heavy atom. The number of pyridine rings is 1. The van der Waals surface area contributed by atoms with Crippen molar-refractivity contribution >= 4 is 23.9 Å². The van der Waals surface area contributed by atoms with Crippen molar-refractivity contribution in [1.29, 1.82) is 0 Å². The third-order valence-electron chi connectivity index (χ3n) is 3.97. The van der Waals surface area contributed by atoms with Crippen molar-refractivity contribution in [2.24, 2.45) is 0 Å². The number of carbonyl (C=O) groups excluding carboxylic acids is 4. The molecule has 1 saturated heterocycles. The van der Waals surface area contributed by atoms with Gasteiger partial charge in [-0.15, -0.1) is 0 Å². The van der Waals surface area contributed by atoms with Gasteiger partial charge in [-0.25, -0.2) is 4.79 Å². The first kappa shape index (κ1) is 22.3. The van der Waals surface area contributed by atoms with E-state index in [2.05, 4.69) is 0 Å². The molecular formula is C19H24NO9+. The quantitative estimate of drug-likeness (QED) is 0.359. The van der Waals surface area contributed by atoms with Gasteiger partial charge in [-0.1, -0.05) is 0 Å². The van der Waals surface area contributed by atoms with Gasteiger partial charge in [-0.2, -0.15) is 4.57 Å².